The molecular formula is C14H13Br2NO4S. The molecule has 118 valence electrons. The molecule has 5 nitrogen and oxygen atoms in total. The van der Waals surface area contributed by atoms with Crippen LogP contribution < -0.4 is 14.2 Å². The quantitative estimate of drug-likeness (QED) is 0.746. The third-order valence-corrected chi connectivity index (χ3v) is 5.86. The third-order valence-electron chi connectivity index (χ3n) is 2.85. The molecule has 0 aromatic heterocycles. The maximum absolute atomic E-state index is 12.6. The molecule has 0 fully saturated rings. The third kappa shape index (κ3) is 3.56. The van der Waals surface area contributed by atoms with Crippen LogP contribution in [0, 0.1) is 0 Å². The lowest BCUT2D eigenvalue weighted by Gasteiger charge is -2.14. The summed E-state index contributed by atoms with van der Waals surface area (Å²) in [5, 5.41) is 0. The molecule has 2 rings (SSSR count). The highest BCUT2D eigenvalue weighted by atomic mass is 79.9. The van der Waals surface area contributed by atoms with Crippen molar-refractivity contribution in [2.75, 3.05) is 18.9 Å². The summed E-state index contributed by atoms with van der Waals surface area (Å²) < 4.78 is 39.0. The van der Waals surface area contributed by atoms with Crippen molar-refractivity contribution < 1.29 is 17.9 Å². The van der Waals surface area contributed by atoms with E-state index in [0.29, 0.717) is 26.1 Å². The lowest BCUT2D eigenvalue weighted by molar-refractivity contribution is 0.353. The van der Waals surface area contributed by atoms with Gasteiger partial charge in [-0.25, -0.2) is 8.42 Å². The van der Waals surface area contributed by atoms with Crippen LogP contribution in [0.15, 0.2) is 50.2 Å². The molecule has 0 bridgehead atoms. The Labute approximate surface area is 145 Å². The van der Waals surface area contributed by atoms with Crippen LogP contribution in [-0.2, 0) is 10.0 Å². The number of anilines is 1. The van der Waals surface area contributed by atoms with Gasteiger partial charge in [0, 0.05) is 15.0 Å². The van der Waals surface area contributed by atoms with E-state index in [1.165, 1.54) is 20.3 Å². The molecule has 0 aliphatic heterocycles. The molecule has 0 saturated carbocycles. The summed E-state index contributed by atoms with van der Waals surface area (Å²) in [6.07, 6.45) is 0. The van der Waals surface area contributed by atoms with Gasteiger partial charge in [0.15, 0.2) is 11.5 Å². The minimum atomic E-state index is -3.79. The molecular weight excluding hydrogens is 438 g/mol. The highest BCUT2D eigenvalue weighted by Crippen LogP contribution is 2.36. The van der Waals surface area contributed by atoms with Gasteiger partial charge in [-0.15, -0.1) is 0 Å². The van der Waals surface area contributed by atoms with E-state index in [1.807, 2.05) is 0 Å². The summed E-state index contributed by atoms with van der Waals surface area (Å²) in [5.74, 6) is 0.771. The van der Waals surface area contributed by atoms with E-state index >= 15 is 0 Å². The molecule has 2 aromatic carbocycles. The number of hydrogen-bond acceptors (Lipinski definition) is 4. The predicted molar refractivity (Wildman–Crippen MR) is 92.2 cm³/mol. The number of halogens is 2. The van der Waals surface area contributed by atoms with Crippen LogP contribution in [-0.4, -0.2) is 22.6 Å². The van der Waals surface area contributed by atoms with Gasteiger partial charge in [0.05, 0.1) is 19.9 Å². The van der Waals surface area contributed by atoms with Crippen molar-refractivity contribution >= 4 is 47.6 Å². The first-order chi connectivity index (χ1) is 10.4. The highest BCUT2D eigenvalue weighted by Gasteiger charge is 2.22. The molecule has 0 heterocycles. The van der Waals surface area contributed by atoms with E-state index in [0.717, 1.165) is 0 Å². The second-order valence-corrected chi connectivity index (χ2v) is 7.58. The van der Waals surface area contributed by atoms with Crippen LogP contribution >= 0.6 is 31.9 Å². The number of hydrogen-bond donors (Lipinski definition) is 1. The zero-order valence-electron chi connectivity index (χ0n) is 11.8. The molecule has 1 N–H and O–H groups in total. The lowest BCUT2D eigenvalue weighted by atomic mass is 10.3. The average Bonchev–Trinajstić information content (AvgIpc) is 2.48. The average molecular weight is 451 g/mol. The molecule has 0 aliphatic carbocycles. The smallest absolute Gasteiger partial charge is 0.263 e. The van der Waals surface area contributed by atoms with Crippen LogP contribution in [0.2, 0.25) is 0 Å². The summed E-state index contributed by atoms with van der Waals surface area (Å²) in [6.45, 7) is 0. The normalized spacial score (nSPS) is 11.1. The minimum absolute atomic E-state index is 0.0564. The fourth-order valence-corrected chi connectivity index (χ4v) is 4.42. The molecule has 0 spiro atoms. The highest BCUT2D eigenvalue weighted by molar-refractivity contribution is 9.11. The van der Waals surface area contributed by atoms with Crippen molar-refractivity contribution in [3.05, 3.63) is 45.3 Å². The molecule has 0 radical (unpaired) electrons. The predicted octanol–water partition coefficient (Wildman–Crippen LogP) is 4.03. The van der Waals surface area contributed by atoms with E-state index in [2.05, 4.69) is 36.6 Å². The van der Waals surface area contributed by atoms with Crippen molar-refractivity contribution in [3.63, 3.8) is 0 Å². The molecule has 0 saturated heterocycles. The Bertz CT molecular complexity index is 793. The Hall–Kier alpha value is -1.25. The van der Waals surface area contributed by atoms with Crippen molar-refractivity contribution in [1.29, 1.82) is 0 Å². The van der Waals surface area contributed by atoms with Gasteiger partial charge in [-0.05, 0) is 50.1 Å². The van der Waals surface area contributed by atoms with Gasteiger partial charge in [-0.2, -0.15) is 0 Å². The number of ether oxygens (including phenoxy) is 2. The fraction of sp³-hybridized carbons (Fsp3) is 0.143. The van der Waals surface area contributed by atoms with Crippen molar-refractivity contribution in [3.8, 4) is 11.5 Å². The summed E-state index contributed by atoms with van der Waals surface area (Å²) in [7, 11) is -0.855. The first kappa shape index (κ1) is 17.1. The molecule has 8 heteroatoms. The largest absolute Gasteiger partial charge is 0.493 e. The van der Waals surface area contributed by atoms with Crippen LogP contribution in [0.5, 0.6) is 11.5 Å². The SMILES string of the molecule is COc1cc(Br)c(S(=O)(=O)Nc2ccccc2Br)cc1OC. The Balaban J connectivity index is 2.48. The van der Waals surface area contributed by atoms with Gasteiger partial charge < -0.3 is 9.47 Å². The number of nitrogens with one attached hydrogen (secondary N) is 1. The summed E-state index contributed by atoms with van der Waals surface area (Å²) >= 11 is 6.56. The van der Waals surface area contributed by atoms with Crippen LogP contribution in [0.4, 0.5) is 5.69 Å². The number of sulfonamides is 1. The first-order valence-electron chi connectivity index (χ1n) is 6.08. The first-order valence-corrected chi connectivity index (χ1v) is 9.15. The molecule has 0 unspecified atom stereocenters. The van der Waals surface area contributed by atoms with Crippen molar-refractivity contribution in [2.45, 2.75) is 4.90 Å². The van der Waals surface area contributed by atoms with Gasteiger partial charge in [0.2, 0.25) is 0 Å². The molecule has 0 aliphatic rings. The van der Waals surface area contributed by atoms with E-state index in [9.17, 15) is 8.42 Å². The summed E-state index contributed by atoms with van der Waals surface area (Å²) in [4.78, 5) is 0.0564. The van der Waals surface area contributed by atoms with Gasteiger partial charge in [0.25, 0.3) is 10.0 Å². The zero-order chi connectivity index (χ0) is 16.3. The summed E-state index contributed by atoms with van der Waals surface area (Å²) in [6, 6.07) is 9.91. The number of benzene rings is 2. The van der Waals surface area contributed by atoms with Gasteiger partial charge in [-0.3, -0.25) is 4.72 Å². The van der Waals surface area contributed by atoms with E-state index < -0.39 is 10.0 Å². The zero-order valence-corrected chi connectivity index (χ0v) is 15.7. The van der Waals surface area contributed by atoms with E-state index in [4.69, 9.17) is 9.47 Å². The maximum Gasteiger partial charge on any atom is 0.263 e. The second kappa shape index (κ2) is 6.89. The molecule has 2 aromatic rings. The van der Waals surface area contributed by atoms with Gasteiger partial charge in [0.1, 0.15) is 4.90 Å². The minimum Gasteiger partial charge on any atom is -0.493 e. The lowest BCUT2D eigenvalue weighted by Crippen LogP contribution is -2.14. The monoisotopic (exact) mass is 449 g/mol. The van der Waals surface area contributed by atoms with Gasteiger partial charge >= 0.3 is 0 Å². The van der Waals surface area contributed by atoms with Gasteiger partial charge in [-0.1, -0.05) is 12.1 Å². The Morgan fingerprint density at radius 3 is 2.14 bits per heavy atom. The maximum atomic E-state index is 12.6. The Morgan fingerprint density at radius 1 is 0.955 bits per heavy atom. The van der Waals surface area contributed by atoms with Crippen LogP contribution in [0.3, 0.4) is 0 Å². The van der Waals surface area contributed by atoms with E-state index in [-0.39, 0.29) is 4.90 Å². The van der Waals surface area contributed by atoms with Crippen molar-refractivity contribution in [2.24, 2.45) is 0 Å². The number of para-hydroxylation sites is 1. The molecule has 22 heavy (non-hydrogen) atoms. The topological polar surface area (TPSA) is 64.6 Å². The van der Waals surface area contributed by atoms with Crippen LogP contribution in [0.1, 0.15) is 0 Å². The second-order valence-electron chi connectivity index (χ2n) is 4.22. The standard InChI is InChI=1S/C14H13Br2NO4S/c1-20-12-7-10(16)14(8-13(12)21-2)22(18,19)17-11-6-4-3-5-9(11)15/h3-8,17H,1-2H3. The van der Waals surface area contributed by atoms with Crippen LogP contribution in [0.25, 0.3) is 0 Å². The van der Waals surface area contributed by atoms with Crippen molar-refractivity contribution in [1.82, 2.24) is 0 Å². The number of methoxy groups -OCH3 is 2. The van der Waals surface area contributed by atoms with E-state index in [1.54, 1.807) is 30.3 Å². The Kier molecular flexibility index (Phi) is 5.36. The fourth-order valence-electron chi connectivity index (χ4n) is 1.79. The Morgan fingerprint density at radius 2 is 1.55 bits per heavy atom. The molecule has 0 amide bonds. The summed E-state index contributed by atoms with van der Waals surface area (Å²) in [5.41, 5.74) is 0.448. The number of rotatable bonds is 5. The molecule has 0 atom stereocenters.